The highest BCUT2D eigenvalue weighted by Crippen LogP contribution is 2.43. The summed E-state index contributed by atoms with van der Waals surface area (Å²) in [6.07, 6.45) is -4.75. The fraction of sp³-hybridized carbons (Fsp3) is 0.423. The van der Waals surface area contributed by atoms with Crippen LogP contribution in [0.2, 0.25) is 10.0 Å². The molecule has 0 N–H and O–H groups in total. The Morgan fingerprint density at radius 3 is 2.42 bits per heavy atom. The van der Waals surface area contributed by atoms with Gasteiger partial charge in [-0.15, -0.1) is 0 Å². The van der Waals surface area contributed by atoms with Gasteiger partial charge >= 0.3 is 12.1 Å². The van der Waals surface area contributed by atoms with Gasteiger partial charge in [0.05, 0.1) is 10.4 Å². The van der Waals surface area contributed by atoms with Crippen LogP contribution in [0.1, 0.15) is 56.0 Å². The van der Waals surface area contributed by atoms with E-state index in [2.05, 4.69) is 5.16 Å². The number of esters is 1. The lowest BCUT2D eigenvalue weighted by Crippen LogP contribution is -2.39. The molecule has 1 aromatic heterocycles. The molecule has 2 atom stereocenters. The molecular formula is C26H25Cl2F3N2O5. The zero-order valence-corrected chi connectivity index (χ0v) is 22.1. The Morgan fingerprint density at radius 2 is 1.82 bits per heavy atom. The van der Waals surface area contributed by atoms with Crippen molar-refractivity contribution in [1.29, 1.82) is 0 Å². The van der Waals surface area contributed by atoms with Crippen molar-refractivity contribution in [2.75, 3.05) is 13.1 Å². The van der Waals surface area contributed by atoms with E-state index in [0.29, 0.717) is 30.1 Å². The highest BCUT2D eigenvalue weighted by Gasteiger charge is 2.39. The number of aromatic nitrogens is 1. The molecule has 1 fully saturated rings. The second-order valence-electron chi connectivity index (χ2n) is 8.98. The van der Waals surface area contributed by atoms with Gasteiger partial charge < -0.3 is 18.9 Å². The average molecular weight is 573 g/mol. The van der Waals surface area contributed by atoms with Crippen molar-refractivity contribution in [3.05, 3.63) is 57.2 Å². The van der Waals surface area contributed by atoms with Crippen LogP contribution in [0.4, 0.5) is 13.2 Å². The summed E-state index contributed by atoms with van der Waals surface area (Å²) in [7, 11) is 0. The summed E-state index contributed by atoms with van der Waals surface area (Å²) in [6.45, 7) is 4.47. The molecule has 7 nitrogen and oxygen atoms in total. The first-order valence-electron chi connectivity index (χ1n) is 12.1. The molecule has 3 aromatic rings. The van der Waals surface area contributed by atoms with Crippen molar-refractivity contribution >= 4 is 46.0 Å². The third-order valence-corrected chi connectivity index (χ3v) is 6.75. The lowest BCUT2D eigenvalue weighted by Gasteiger charge is -2.24. The van der Waals surface area contributed by atoms with E-state index in [1.54, 1.807) is 29.2 Å². The monoisotopic (exact) mass is 572 g/mol. The smallest absolute Gasteiger partial charge is 0.437 e. The summed E-state index contributed by atoms with van der Waals surface area (Å²) in [5, 5.41) is 3.14. The van der Waals surface area contributed by atoms with Crippen LogP contribution in [-0.4, -0.2) is 41.1 Å². The van der Waals surface area contributed by atoms with Crippen LogP contribution in [0.3, 0.4) is 0 Å². The number of aryl methyl sites for hydroxylation is 1. The van der Waals surface area contributed by atoms with Gasteiger partial charge in [0.15, 0.2) is 17.4 Å². The highest BCUT2D eigenvalue weighted by atomic mass is 35.5. The fourth-order valence-corrected chi connectivity index (χ4v) is 4.78. The first-order chi connectivity index (χ1) is 18.0. The summed E-state index contributed by atoms with van der Waals surface area (Å²) in [6, 6.07) is 7.23. The van der Waals surface area contributed by atoms with Gasteiger partial charge in [0.1, 0.15) is 5.75 Å². The molecule has 12 heteroatoms. The van der Waals surface area contributed by atoms with Crippen molar-refractivity contribution in [2.45, 2.75) is 57.9 Å². The number of rotatable bonds is 8. The number of hydrogen-bond donors (Lipinski definition) is 0. The summed E-state index contributed by atoms with van der Waals surface area (Å²) in [5.41, 5.74) is -0.779. The van der Waals surface area contributed by atoms with E-state index in [1.165, 1.54) is 6.92 Å². The number of halogens is 5. The fourth-order valence-electron chi connectivity index (χ4n) is 4.39. The Hall–Kier alpha value is -2.98. The minimum Gasteiger partial charge on any atom is -0.472 e. The maximum Gasteiger partial charge on any atom is 0.437 e. The summed E-state index contributed by atoms with van der Waals surface area (Å²) < 4.78 is 57.1. The number of alkyl halides is 3. The van der Waals surface area contributed by atoms with E-state index in [1.807, 2.05) is 6.92 Å². The Morgan fingerprint density at radius 1 is 1.16 bits per heavy atom. The van der Waals surface area contributed by atoms with Gasteiger partial charge in [0, 0.05) is 29.2 Å². The lowest BCUT2D eigenvalue weighted by atomic mass is 10.0. The van der Waals surface area contributed by atoms with Crippen LogP contribution in [0.25, 0.3) is 11.0 Å². The molecule has 1 aliphatic rings. The number of carbonyl (C=O) groups is 2. The lowest BCUT2D eigenvalue weighted by molar-refractivity contribution is -0.164. The molecule has 4 rings (SSSR count). The molecule has 0 bridgehead atoms. The Kier molecular flexibility index (Phi) is 8.42. The van der Waals surface area contributed by atoms with Gasteiger partial charge in [-0.05, 0) is 44.4 Å². The normalized spacial score (nSPS) is 15.5. The largest absolute Gasteiger partial charge is 0.472 e. The molecule has 0 aliphatic carbocycles. The molecule has 38 heavy (non-hydrogen) atoms. The van der Waals surface area contributed by atoms with E-state index in [-0.39, 0.29) is 39.6 Å². The summed E-state index contributed by atoms with van der Waals surface area (Å²) in [5.74, 6) is -1.24. The number of amides is 1. The van der Waals surface area contributed by atoms with E-state index in [0.717, 1.165) is 18.9 Å². The molecule has 1 saturated heterocycles. The van der Waals surface area contributed by atoms with Crippen LogP contribution in [0.5, 0.6) is 5.75 Å². The average Bonchev–Trinajstić information content (AvgIpc) is 3.54. The second-order valence-corrected chi connectivity index (χ2v) is 9.83. The number of ether oxygens (including phenoxy) is 2. The third kappa shape index (κ3) is 5.86. The molecule has 2 unspecified atom stereocenters. The second kappa shape index (κ2) is 11.4. The predicted molar refractivity (Wildman–Crippen MR) is 134 cm³/mol. The van der Waals surface area contributed by atoms with Crippen molar-refractivity contribution in [1.82, 2.24) is 10.1 Å². The number of benzene rings is 2. The van der Waals surface area contributed by atoms with Crippen LogP contribution >= 0.6 is 23.2 Å². The van der Waals surface area contributed by atoms with Crippen molar-refractivity contribution in [3.63, 3.8) is 0 Å². The van der Waals surface area contributed by atoms with Crippen LogP contribution in [0.15, 0.2) is 34.9 Å². The van der Waals surface area contributed by atoms with Gasteiger partial charge in [-0.1, -0.05) is 53.8 Å². The van der Waals surface area contributed by atoms with Crippen molar-refractivity contribution in [3.8, 4) is 5.75 Å². The SMILES string of the molecule is CCCc1c(OC(C(=O)OC(C)C(=O)N2CCCC2)c2ccc(Cl)cc2)c(Cl)cc2c(C(F)(F)F)noc12. The van der Waals surface area contributed by atoms with Crippen LogP contribution in [-0.2, 0) is 26.9 Å². The van der Waals surface area contributed by atoms with E-state index >= 15 is 0 Å². The standard InChI is InChI=1S/C26H25Cl2F3N2O5/c1-3-6-17-21-18(23(32-38-21)26(29,30)31)13-19(28)22(17)37-20(15-7-9-16(27)10-8-15)25(35)36-14(2)24(34)33-11-4-5-12-33/h7-10,13-14,20H,3-6,11-12H2,1-2H3. The molecular weight excluding hydrogens is 548 g/mol. The Bertz CT molecular complexity index is 1320. The van der Waals surface area contributed by atoms with Crippen molar-refractivity contribution in [2.24, 2.45) is 0 Å². The Balaban J connectivity index is 1.72. The minimum atomic E-state index is -4.76. The van der Waals surface area contributed by atoms with Crippen LogP contribution < -0.4 is 4.74 Å². The third-order valence-electron chi connectivity index (χ3n) is 6.21. The van der Waals surface area contributed by atoms with Gasteiger partial charge in [0.25, 0.3) is 5.91 Å². The zero-order chi connectivity index (χ0) is 27.6. The van der Waals surface area contributed by atoms with Gasteiger partial charge in [0.2, 0.25) is 6.10 Å². The summed E-state index contributed by atoms with van der Waals surface area (Å²) in [4.78, 5) is 27.7. The van der Waals surface area contributed by atoms with Gasteiger partial charge in [-0.25, -0.2) is 4.79 Å². The first kappa shape index (κ1) is 28.0. The number of hydrogen-bond acceptors (Lipinski definition) is 6. The molecule has 1 amide bonds. The topological polar surface area (TPSA) is 81.9 Å². The van der Waals surface area contributed by atoms with Gasteiger partial charge in [-0.3, -0.25) is 4.79 Å². The summed E-state index contributed by atoms with van der Waals surface area (Å²) >= 11 is 12.4. The highest BCUT2D eigenvalue weighted by molar-refractivity contribution is 6.33. The van der Waals surface area contributed by atoms with E-state index < -0.39 is 30.0 Å². The minimum absolute atomic E-state index is 0.0405. The maximum atomic E-state index is 13.5. The number of nitrogens with zero attached hydrogens (tertiary/aromatic N) is 2. The molecule has 0 spiro atoms. The molecule has 204 valence electrons. The van der Waals surface area contributed by atoms with Gasteiger partial charge in [-0.2, -0.15) is 13.2 Å². The zero-order valence-electron chi connectivity index (χ0n) is 20.6. The maximum absolute atomic E-state index is 13.5. The Labute approximate surface area is 226 Å². The predicted octanol–water partition coefficient (Wildman–Crippen LogP) is 6.78. The van der Waals surface area contributed by atoms with Crippen molar-refractivity contribution < 1.29 is 36.8 Å². The molecule has 1 aliphatic heterocycles. The van der Waals surface area contributed by atoms with Crippen LogP contribution in [0, 0.1) is 0 Å². The number of likely N-dealkylation sites (tertiary alicyclic amines) is 1. The first-order valence-corrected chi connectivity index (χ1v) is 12.9. The molecule has 0 saturated carbocycles. The molecule has 2 heterocycles. The number of carbonyl (C=O) groups excluding carboxylic acids is 2. The van der Waals surface area contributed by atoms with E-state index in [4.69, 9.17) is 37.2 Å². The van der Waals surface area contributed by atoms with E-state index in [9.17, 15) is 22.8 Å². The molecule has 0 radical (unpaired) electrons. The molecule has 2 aromatic carbocycles. The quantitative estimate of drug-likeness (QED) is 0.277. The number of fused-ring (bicyclic) bond motifs is 1.